The van der Waals surface area contributed by atoms with Crippen molar-refractivity contribution in [1.29, 1.82) is 0 Å². The van der Waals surface area contributed by atoms with E-state index in [1.54, 1.807) is 19.4 Å². The minimum atomic E-state index is -0.585. The van der Waals surface area contributed by atoms with Crippen LogP contribution < -0.4 is 15.4 Å². The minimum Gasteiger partial charge on any atom is -0.497 e. The van der Waals surface area contributed by atoms with Crippen LogP contribution in [0.5, 0.6) is 5.75 Å². The van der Waals surface area contributed by atoms with Crippen molar-refractivity contribution in [1.82, 2.24) is 20.4 Å². The van der Waals surface area contributed by atoms with Crippen molar-refractivity contribution < 1.29 is 14.3 Å². The Morgan fingerprint density at radius 2 is 2.00 bits per heavy atom. The number of hydrogen-bond donors (Lipinski definition) is 2. The number of amides is 2. The molecule has 1 aromatic heterocycles. The number of rotatable bonds is 10. The molecule has 0 bridgehead atoms. The lowest BCUT2D eigenvalue weighted by atomic mass is 10.0. The third kappa shape index (κ3) is 6.90. The number of nitrogens with one attached hydrogen (secondary N) is 2. The van der Waals surface area contributed by atoms with Crippen molar-refractivity contribution in [3.8, 4) is 5.75 Å². The molecule has 2 rings (SSSR count). The summed E-state index contributed by atoms with van der Waals surface area (Å²) in [5.74, 6) is 0.248. The van der Waals surface area contributed by atoms with E-state index in [0.717, 1.165) is 24.3 Å². The average Bonchev–Trinajstić information content (AvgIpc) is 3.21. The van der Waals surface area contributed by atoms with Crippen LogP contribution in [-0.4, -0.2) is 41.3 Å². The molecule has 1 heterocycles. The highest BCUT2D eigenvalue weighted by molar-refractivity contribution is 5.95. The molecule has 7 nitrogen and oxygen atoms in total. The van der Waals surface area contributed by atoms with Gasteiger partial charge in [-0.3, -0.25) is 14.3 Å². The van der Waals surface area contributed by atoms with Gasteiger partial charge in [-0.1, -0.05) is 26.0 Å². The predicted molar refractivity (Wildman–Crippen MR) is 109 cm³/mol. The number of carbonyl (C=O) groups is 2. The van der Waals surface area contributed by atoms with E-state index < -0.39 is 6.04 Å². The van der Waals surface area contributed by atoms with Crippen LogP contribution in [0.25, 0.3) is 6.08 Å². The fraction of sp³-hybridized carbons (Fsp3) is 0.381. The molecular formula is C21H28N4O3. The van der Waals surface area contributed by atoms with Crippen LogP contribution in [0.4, 0.5) is 0 Å². The molecule has 150 valence electrons. The van der Waals surface area contributed by atoms with Crippen LogP contribution in [0.3, 0.4) is 0 Å². The van der Waals surface area contributed by atoms with Gasteiger partial charge in [0.2, 0.25) is 11.8 Å². The molecule has 0 fully saturated rings. The number of hydrogen-bond acceptors (Lipinski definition) is 4. The molecule has 7 heteroatoms. The molecule has 2 N–H and O–H groups in total. The first-order valence-electron chi connectivity index (χ1n) is 9.37. The van der Waals surface area contributed by atoms with Gasteiger partial charge in [0.15, 0.2) is 0 Å². The Labute approximate surface area is 165 Å². The Hall–Kier alpha value is -3.09. The molecule has 0 radical (unpaired) electrons. The Bertz CT molecular complexity index is 767. The first-order valence-corrected chi connectivity index (χ1v) is 9.37. The van der Waals surface area contributed by atoms with E-state index in [-0.39, 0.29) is 17.7 Å². The number of methoxy groups -OCH3 is 1. The Kier molecular flexibility index (Phi) is 8.27. The molecule has 1 atom stereocenters. The van der Waals surface area contributed by atoms with Crippen molar-refractivity contribution in [2.45, 2.75) is 32.9 Å². The molecule has 0 aliphatic heterocycles. The number of aryl methyl sites for hydroxylation is 1. The molecular weight excluding hydrogens is 356 g/mol. The Morgan fingerprint density at radius 3 is 2.61 bits per heavy atom. The molecule has 2 amide bonds. The van der Waals surface area contributed by atoms with Crippen LogP contribution in [0.2, 0.25) is 0 Å². The number of benzene rings is 1. The van der Waals surface area contributed by atoms with Gasteiger partial charge in [0.05, 0.1) is 7.11 Å². The van der Waals surface area contributed by atoms with E-state index in [1.807, 2.05) is 55.1 Å². The fourth-order valence-electron chi connectivity index (χ4n) is 2.62. The van der Waals surface area contributed by atoms with Gasteiger partial charge in [-0.2, -0.15) is 5.10 Å². The quantitative estimate of drug-likeness (QED) is 0.486. The van der Waals surface area contributed by atoms with E-state index >= 15 is 0 Å². The van der Waals surface area contributed by atoms with Gasteiger partial charge >= 0.3 is 0 Å². The zero-order chi connectivity index (χ0) is 20.4. The summed E-state index contributed by atoms with van der Waals surface area (Å²) in [6.07, 6.45) is 7.51. The van der Waals surface area contributed by atoms with Crippen molar-refractivity contribution in [2.24, 2.45) is 5.92 Å². The van der Waals surface area contributed by atoms with Gasteiger partial charge in [0.25, 0.3) is 0 Å². The molecule has 0 aliphatic rings. The summed E-state index contributed by atoms with van der Waals surface area (Å²) in [7, 11) is 1.60. The van der Waals surface area contributed by atoms with Crippen molar-refractivity contribution in [3.05, 3.63) is 54.4 Å². The molecule has 1 unspecified atom stereocenters. The van der Waals surface area contributed by atoms with Gasteiger partial charge in [-0.25, -0.2) is 0 Å². The third-order valence-corrected chi connectivity index (χ3v) is 4.21. The highest BCUT2D eigenvalue weighted by Crippen LogP contribution is 2.12. The maximum atomic E-state index is 12.4. The second-order valence-electron chi connectivity index (χ2n) is 6.75. The monoisotopic (exact) mass is 384 g/mol. The summed E-state index contributed by atoms with van der Waals surface area (Å²) < 4.78 is 6.93. The van der Waals surface area contributed by atoms with Crippen LogP contribution in [-0.2, 0) is 16.1 Å². The summed E-state index contributed by atoms with van der Waals surface area (Å²) >= 11 is 0. The Balaban J connectivity index is 1.81. The van der Waals surface area contributed by atoms with E-state index in [1.165, 1.54) is 6.08 Å². The molecule has 0 saturated heterocycles. The smallest absolute Gasteiger partial charge is 0.244 e. The summed E-state index contributed by atoms with van der Waals surface area (Å²) in [4.78, 5) is 24.7. The zero-order valence-electron chi connectivity index (χ0n) is 16.6. The highest BCUT2D eigenvalue weighted by Gasteiger charge is 2.22. The maximum Gasteiger partial charge on any atom is 0.244 e. The SMILES string of the molecule is COc1ccc(C=CC(=O)NC(C(=O)NCCCn2cccn2)C(C)C)cc1. The van der Waals surface area contributed by atoms with Crippen molar-refractivity contribution in [3.63, 3.8) is 0 Å². The van der Waals surface area contributed by atoms with Gasteiger partial charge in [-0.05, 0) is 42.2 Å². The molecule has 0 spiro atoms. The lowest BCUT2D eigenvalue weighted by molar-refractivity contribution is -0.128. The molecule has 1 aromatic carbocycles. The predicted octanol–water partition coefficient (Wildman–Crippen LogP) is 2.25. The van der Waals surface area contributed by atoms with Crippen LogP contribution in [0.1, 0.15) is 25.8 Å². The Morgan fingerprint density at radius 1 is 1.25 bits per heavy atom. The van der Waals surface area contributed by atoms with Crippen LogP contribution >= 0.6 is 0 Å². The summed E-state index contributed by atoms with van der Waals surface area (Å²) in [6.45, 7) is 5.07. The van der Waals surface area contributed by atoms with Crippen molar-refractivity contribution >= 4 is 17.9 Å². The topological polar surface area (TPSA) is 85.2 Å². The van der Waals surface area contributed by atoms with Gasteiger partial charge < -0.3 is 15.4 Å². The number of carbonyl (C=O) groups excluding carboxylic acids is 2. The lowest BCUT2D eigenvalue weighted by Gasteiger charge is -2.21. The number of nitrogens with zero attached hydrogens (tertiary/aromatic N) is 2. The van der Waals surface area contributed by atoms with Gasteiger partial charge in [-0.15, -0.1) is 0 Å². The molecule has 2 aromatic rings. The summed E-state index contributed by atoms with van der Waals surface area (Å²) in [6, 6.07) is 8.64. The van der Waals surface area contributed by atoms with Crippen LogP contribution in [0.15, 0.2) is 48.8 Å². The average molecular weight is 384 g/mol. The molecule has 0 saturated carbocycles. The van der Waals surface area contributed by atoms with E-state index in [2.05, 4.69) is 15.7 Å². The van der Waals surface area contributed by atoms with E-state index in [4.69, 9.17) is 4.74 Å². The minimum absolute atomic E-state index is 0.0237. The van der Waals surface area contributed by atoms with Gasteiger partial charge in [0.1, 0.15) is 11.8 Å². The highest BCUT2D eigenvalue weighted by atomic mass is 16.5. The molecule has 0 aliphatic carbocycles. The number of ether oxygens (including phenoxy) is 1. The summed E-state index contributed by atoms with van der Waals surface area (Å²) in [5, 5.41) is 9.79. The molecule has 28 heavy (non-hydrogen) atoms. The summed E-state index contributed by atoms with van der Waals surface area (Å²) in [5.41, 5.74) is 0.875. The second kappa shape index (κ2) is 10.9. The van der Waals surface area contributed by atoms with Crippen molar-refractivity contribution in [2.75, 3.05) is 13.7 Å². The fourth-order valence-corrected chi connectivity index (χ4v) is 2.62. The largest absolute Gasteiger partial charge is 0.497 e. The zero-order valence-corrected chi connectivity index (χ0v) is 16.6. The maximum absolute atomic E-state index is 12.4. The standard InChI is InChI=1S/C21H28N4O3/c1-16(2)20(21(27)22-12-4-14-25-15-5-13-23-25)24-19(26)11-8-17-6-9-18(28-3)10-7-17/h5-11,13,15-16,20H,4,12,14H2,1-3H3,(H,22,27)(H,24,26). The first kappa shape index (κ1) is 21.2. The van der Waals surface area contributed by atoms with Gasteiger partial charge in [0, 0.05) is 31.6 Å². The second-order valence-corrected chi connectivity index (χ2v) is 6.75. The lowest BCUT2D eigenvalue weighted by Crippen LogP contribution is -2.49. The van der Waals surface area contributed by atoms with Crippen LogP contribution in [0, 0.1) is 5.92 Å². The third-order valence-electron chi connectivity index (χ3n) is 4.21. The first-order chi connectivity index (χ1) is 13.5. The number of aromatic nitrogens is 2. The van der Waals surface area contributed by atoms with E-state index in [9.17, 15) is 9.59 Å². The van der Waals surface area contributed by atoms with E-state index in [0.29, 0.717) is 6.54 Å². The normalized spacial score (nSPS) is 12.1.